The Labute approximate surface area is 112 Å². The van der Waals surface area contributed by atoms with Crippen molar-refractivity contribution in [3.05, 3.63) is 65.2 Å². The third-order valence-corrected chi connectivity index (χ3v) is 2.98. The highest BCUT2D eigenvalue weighted by molar-refractivity contribution is 5.25. The molecule has 0 aliphatic rings. The van der Waals surface area contributed by atoms with E-state index >= 15 is 0 Å². The Bertz CT molecular complexity index is 528. The number of benzene rings is 1. The van der Waals surface area contributed by atoms with Gasteiger partial charge in [-0.15, -0.1) is 0 Å². The van der Waals surface area contributed by atoms with Crippen molar-refractivity contribution in [2.24, 2.45) is 5.73 Å². The van der Waals surface area contributed by atoms with E-state index in [1.165, 1.54) is 11.6 Å². The van der Waals surface area contributed by atoms with Gasteiger partial charge in [0.25, 0.3) is 0 Å². The van der Waals surface area contributed by atoms with Crippen LogP contribution in [0.4, 0.5) is 4.39 Å². The second kappa shape index (κ2) is 6.41. The van der Waals surface area contributed by atoms with E-state index in [1.807, 2.05) is 25.2 Å². The predicted molar refractivity (Wildman–Crippen MR) is 73.7 cm³/mol. The minimum atomic E-state index is -0.233. The van der Waals surface area contributed by atoms with Crippen LogP contribution in [0.2, 0.25) is 0 Å². The summed E-state index contributed by atoms with van der Waals surface area (Å²) in [4.78, 5) is 6.16. The highest BCUT2D eigenvalue weighted by atomic mass is 19.1. The third-order valence-electron chi connectivity index (χ3n) is 2.98. The van der Waals surface area contributed by atoms with E-state index in [4.69, 9.17) is 5.73 Å². The predicted octanol–water partition coefficient (Wildman–Crippen LogP) is 2.31. The number of hydrogen-bond acceptors (Lipinski definition) is 3. The SMILES string of the molecule is CN(Cc1ccncc1)Cc1ccc(F)c(CN)c1. The molecular weight excluding hydrogens is 241 g/mol. The van der Waals surface area contributed by atoms with Crippen molar-refractivity contribution >= 4 is 0 Å². The Balaban J connectivity index is 2.01. The van der Waals surface area contributed by atoms with E-state index in [0.29, 0.717) is 5.56 Å². The van der Waals surface area contributed by atoms with Crippen LogP contribution in [0.25, 0.3) is 0 Å². The molecule has 2 rings (SSSR count). The van der Waals surface area contributed by atoms with Crippen LogP contribution in [0.1, 0.15) is 16.7 Å². The smallest absolute Gasteiger partial charge is 0.127 e. The van der Waals surface area contributed by atoms with Gasteiger partial charge in [-0.1, -0.05) is 12.1 Å². The Hall–Kier alpha value is -1.78. The first-order valence-electron chi connectivity index (χ1n) is 6.24. The number of halogens is 1. The molecule has 0 fully saturated rings. The Kier molecular flexibility index (Phi) is 4.60. The number of hydrogen-bond donors (Lipinski definition) is 1. The molecule has 0 unspecified atom stereocenters. The Morgan fingerprint density at radius 2 is 1.79 bits per heavy atom. The highest BCUT2D eigenvalue weighted by Gasteiger charge is 2.05. The van der Waals surface area contributed by atoms with Crippen LogP contribution in [0.15, 0.2) is 42.7 Å². The first kappa shape index (κ1) is 13.6. The maximum absolute atomic E-state index is 13.4. The second-order valence-corrected chi connectivity index (χ2v) is 4.66. The average Bonchev–Trinajstić information content (AvgIpc) is 2.42. The molecule has 0 saturated heterocycles. The summed E-state index contributed by atoms with van der Waals surface area (Å²) in [7, 11) is 2.03. The lowest BCUT2D eigenvalue weighted by molar-refractivity contribution is 0.318. The number of nitrogens with zero attached hydrogens (tertiary/aromatic N) is 2. The van der Waals surface area contributed by atoms with Gasteiger partial charge < -0.3 is 5.73 Å². The highest BCUT2D eigenvalue weighted by Crippen LogP contribution is 2.12. The lowest BCUT2D eigenvalue weighted by Crippen LogP contribution is -2.17. The lowest BCUT2D eigenvalue weighted by Gasteiger charge is -2.17. The van der Waals surface area contributed by atoms with Crippen LogP contribution in [-0.4, -0.2) is 16.9 Å². The zero-order valence-electron chi connectivity index (χ0n) is 11.0. The fourth-order valence-electron chi connectivity index (χ4n) is 2.05. The van der Waals surface area contributed by atoms with Crippen molar-refractivity contribution in [1.82, 2.24) is 9.88 Å². The van der Waals surface area contributed by atoms with Gasteiger partial charge in [-0.2, -0.15) is 0 Å². The molecule has 1 aromatic heterocycles. The average molecular weight is 259 g/mol. The largest absolute Gasteiger partial charge is 0.326 e. The van der Waals surface area contributed by atoms with Crippen molar-refractivity contribution in [3.63, 3.8) is 0 Å². The number of rotatable bonds is 5. The van der Waals surface area contributed by atoms with Gasteiger partial charge >= 0.3 is 0 Å². The molecule has 0 aliphatic heterocycles. The van der Waals surface area contributed by atoms with Gasteiger partial charge in [0.05, 0.1) is 0 Å². The molecule has 1 heterocycles. The summed E-state index contributed by atoms with van der Waals surface area (Å²) >= 11 is 0. The molecule has 19 heavy (non-hydrogen) atoms. The quantitative estimate of drug-likeness (QED) is 0.896. The number of pyridine rings is 1. The topological polar surface area (TPSA) is 42.2 Å². The monoisotopic (exact) mass is 259 g/mol. The van der Waals surface area contributed by atoms with Crippen molar-refractivity contribution in [3.8, 4) is 0 Å². The first-order valence-corrected chi connectivity index (χ1v) is 6.24. The van der Waals surface area contributed by atoms with Gasteiger partial charge in [-0.25, -0.2) is 4.39 Å². The van der Waals surface area contributed by atoms with Crippen LogP contribution in [0.3, 0.4) is 0 Å². The van der Waals surface area contributed by atoms with Crippen LogP contribution in [-0.2, 0) is 19.6 Å². The normalized spacial score (nSPS) is 10.9. The van der Waals surface area contributed by atoms with Crippen LogP contribution < -0.4 is 5.73 Å². The summed E-state index contributed by atoms with van der Waals surface area (Å²) in [6.07, 6.45) is 3.57. The minimum absolute atomic E-state index is 0.230. The summed E-state index contributed by atoms with van der Waals surface area (Å²) < 4.78 is 13.4. The summed E-state index contributed by atoms with van der Waals surface area (Å²) in [6, 6.07) is 9.10. The van der Waals surface area contributed by atoms with Gasteiger partial charge in [-0.05, 0) is 36.4 Å². The van der Waals surface area contributed by atoms with E-state index in [-0.39, 0.29) is 12.4 Å². The summed E-state index contributed by atoms with van der Waals surface area (Å²) in [5.41, 5.74) is 8.35. The van der Waals surface area contributed by atoms with Gasteiger partial charge in [0.2, 0.25) is 0 Å². The third kappa shape index (κ3) is 3.84. The molecule has 4 heteroatoms. The zero-order valence-corrected chi connectivity index (χ0v) is 11.0. The van der Waals surface area contributed by atoms with Crippen LogP contribution in [0.5, 0.6) is 0 Å². The summed E-state index contributed by atoms with van der Waals surface area (Å²) in [5, 5.41) is 0. The zero-order chi connectivity index (χ0) is 13.7. The van der Waals surface area contributed by atoms with E-state index < -0.39 is 0 Å². The van der Waals surface area contributed by atoms with Crippen LogP contribution in [0, 0.1) is 5.82 Å². The van der Waals surface area contributed by atoms with E-state index in [2.05, 4.69) is 9.88 Å². The molecule has 0 amide bonds. The van der Waals surface area contributed by atoms with Crippen LogP contribution >= 0.6 is 0 Å². The van der Waals surface area contributed by atoms with E-state index in [1.54, 1.807) is 18.5 Å². The molecule has 2 aromatic rings. The molecule has 0 bridgehead atoms. The Morgan fingerprint density at radius 3 is 2.47 bits per heavy atom. The molecule has 0 aliphatic carbocycles. The first-order chi connectivity index (χ1) is 9.19. The molecule has 0 spiro atoms. The lowest BCUT2D eigenvalue weighted by atomic mass is 10.1. The van der Waals surface area contributed by atoms with Gasteiger partial charge in [0.15, 0.2) is 0 Å². The maximum Gasteiger partial charge on any atom is 0.127 e. The summed E-state index contributed by atoms with van der Waals surface area (Å²) in [5.74, 6) is -0.233. The molecule has 3 nitrogen and oxygen atoms in total. The molecule has 1 aromatic carbocycles. The van der Waals surface area contributed by atoms with Gasteiger partial charge in [-0.3, -0.25) is 9.88 Å². The van der Waals surface area contributed by atoms with E-state index in [9.17, 15) is 4.39 Å². The Morgan fingerprint density at radius 1 is 1.11 bits per heavy atom. The van der Waals surface area contributed by atoms with Crippen molar-refractivity contribution in [2.75, 3.05) is 7.05 Å². The van der Waals surface area contributed by atoms with Crippen molar-refractivity contribution in [1.29, 1.82) is 0 Å². The fourth-order valence-corrected chi connectivity index (χ4v) is 2.05. The molecular formula is C15H18FN3. The number of aromatic nitrogens is 1. The van der Waals surface area contributed by atoms with Gasteiger partial charge in [0.1, 0.15) is 5.82 Å². The number of nitrogens with two attached hydrogens (primary N) is 1. The fraction of sp³-hybridized carbons (Fsp3) is 0.267. The molecule has 100 valence electrons. The van der Waals surface area contributed by atoms with E-state index in [0.717, 1.165) is 18.7 Å². The molecule has 0 saturated carbocycles. The summed E-state index contributed by atoms with van der Waals surface area (Å²) in [6.45, 7) is 1.82. The molecule has 0 radical (unpaired) electrons. The molecule has 2 N–H and O–H groups in total. The van der Waals surface area contributed by atoms with Crippen molar-refractivity contribution < 1.29 is 4.39 Å². The van der Waals surface area contributed by atoms with Crippen molar-refractivity contribution in [2.45, 2.75) is 19.6 Å². The minimum Gasteiger partial charge on any atom is -0.326 e. The second-order valence-electron chi connectivity index (χ2n) is 4.66. The standard InChI is InChI=1S/C15H18FN3/c1-19(10-12-4-6-18-7-5-12)11-13-2-3-15(16)14(8-13)9-17/h2-8H,9-11,17H2,1H3. The molecule has 0 atom stereocenters. The maximum atomic E-state index is 13.4. The van der Waals surface area contributed by atoms with Gasteiger partial charge in [0, 0.05) is 37.6 Å².